The number of hydrogen-bond donors (Lipinski definition) is 1. The van der Waals surface area contributed by atoms with Gasteiger partial charge in [0.1, 0.15) is 5.82 Å². The summed E-state index contributed by atoms with van der Waals surface area (Å²) in [7, 11) is 0. The lowest BCUT2D eigenvalue weighted by Crippen LogP contribution is -2.19. The molecular formula is C13H17N5. The van der Waals surface area contributed by atoms with Crippen molar-refractivity contribution in [3.8, 4) is 11.4 Å². The van der Waals surface area contributed by atoms with Gasteiger partial charge in [-0.2, -0.15) is 0 Å². The minimum atomic E-state index is 0.307. The summed E-state index contributed by atoms with van der Waals surface area (Å²) in [5, 5.41) is 0. The van der Waals surface area contributed by atoms with Gasteiger partial charge in [0.05, 0.1) is 17.6 Å². The van der Waals surface area contributed by atoms with Crippen LogP contribution in [0.5, 0.6) is 0 Å². The smallest absolute Gasteiger partial charge is 0.220 e. The summed E-state index contributed by atoms with van der Waals surface area (Å²) < 4.78 is 2.24. The third-order valence-corrected chi connectivity index (χ3v) is 3.66. The number of aromatic nitrogens is 4. The Morgan fingerprint density at radius 3 is 2.89 bits per heavy atom. The van der Waals surface area contributed by atoms with Gasteiger partial charge in [0.2, 0.25) is 5.95 Å². The van der Waals surface area contributed by atoms with E-state index in [-0.39, 0.29) is 0 Å². The molecule has 5 nitrogen and oxygen atoms in total. The first kappa shape index (κ1) is 11.2. The van der Waals surface area contributed by atoms with Crippen molar-refractivity contribution in [2.45, 2.75) is 32.7 Å². The van der Waals surface area contributed by atoms with Gasteiger partial charge in [0.15, 0.2) is 0 Å². The largest absolute Gasteiger partial charge is 0.368 e. The quantitative estimate of drug-likeness (QED) is 0.895. The second kappa shape index (κ2) is 4.40. The van der Waals surface area contributed by atoms with Crippen LogP contribution in [0.25, 0.3) is 11.4 Å². The predicted octanol–water partition coefficient (Wildman–Crippen LogP) is 2.03. The number of imidazole rings is 1. The van der Waals surface area contributed by atoms with E-state index in [1.807, 2.05) is 19.2 Å². The van der Waals surface area contributed by atoms with E-state index in [1.165, 1.54) is 19.3 Å². The van der Waals surface area contributed by atoms with Crippen LogP contribution in [-0.2, 0) is 6.54 Å². The summed E-state index contributed by atoms with van der Waals surface area (Å²) in [4.78, 5) is 12.6. The summed E-state index contributed by atoms with van der Waals surface area (Å²) in [5.41, 5.74) is 7.52. The van der Waals surface area contributed by atoms with Gasteiger partial charge in [0, 0.05) is 12.7 Å². The summed E-state index contributed by atoms with van der Waals surface area (Å²) in [6.45, 7) is 3.07. The first-order valence-electron chi connectivity index (χ1n) is 6.35. The molecule has 0 atom stereocenters. The maximum absolute atomic E-state index is 5.64. The Kier molecular flexibility index (Phi) is 2.74. The third kappa shape index (κ3) is 1.96. The molecule has 1 aliphatic carbocycles. The molecular weight excluding hydrogens is 226 g/mol. The highest BCUT2D eigenvalue weighted by molar-refractivity contribution is 5.55. The van der Waals surface area contributed by atoms with Crippen LogP contribution in [-0.4, -0.2) is 19.5 Å². The highest BCUT2D eigenvalue weighted by Crippen LogP contribution is 2.30. The zero-order valence-corrected chi connectivity index (χ0v) is 10.5. The van der Waals surface area contributed by atoms with E-state index in [4.69, 9.17) is 5.73 Å². The van der Waals surface area contributed by atoms with Gasteiger partial charge in [-0.05, 0) is 31.7 Å². The molecule has 0 bridgehead atoms. The predicted molar refractivity (Wildman–Crippen MR) is 69.7 cm³/mol. The van der Waals surface area contributed by atoms with Crippen LogP contribution >= 0.6 is 0 Å². The van der Waals surface area contributed by atoms with Gasteiger partial charge in [-0.1, -0.05) is 6.42 Å². The van der Waals surface area contributed by atoms with E-state index in [0.29, 0.717) is 5.95 Å². The first-order chi connectivity index (χ1) is 8.74. The van der Waals surface area contributed by atoms with Gasteiger partial charge < -0.3 is 10.3 Å². The molecule has 2 aromatic rings. The Balaban J connectivity index is 1.96. The maximum atomic E-state index is 5.64. The average molecular weight is 243 g/mol. The SMILES string of the molecule is Cc1ncc(-c2ccnc(N)n2)n1CC1CCC1. The van der Waals surface area contributed by atoms with E-state index >= 15 is 0 Å². The van der Waals surface area contributed by atoms with E-state index in [1.54, 1.807) is 6.20 Å². The highest BCUT2D eigenvalue weighted by Gasteiger charge is 2.20. The van der Waals surface area contributed by atoms with Crippen molar-refractivity contribution in [3.05, 3.63) is 24.3 Å². The summed E-state index contributed by atoms with van der Waals surface area (Å²) in [6.07, 6.45) is 7.56. The second-order valence-electron chi connectivity index (χ2n) is 4.90. The van der Waals surface area contributed by atoms with Crippen molar-refractivity contribution in [1.29, 1.82) is 0 Å². The van der Waals surface area contributed by atoms with Crippen LogP contribution in [0, 0.1) is 12.8 Å². The van der Waals surface area contributed by atoms with E-state index in [2.05, 4.69) is 19.5 Å². The van der Waals surface area contributed by atoms with Gasteiger partial charge >= 0.3 is 0 Å². The number of nitrogen functional groups attached to an aromatic ring is 1. The zero-order valence-electron chi connectivity index (χ0n) is 10.5. The molecule has 0 spiro atoms. The molecule has 5 heteroatoms. The second-order valence-corrected chi connectivity index (χ2v) is 4.90. The van der Waals surface area contributed by atoms with Gasteiger partial charge in [-0.25, -0.2) is 15.0 Å². The number of nitrogens with two attached hydrogens (primary N) is 1. The lowest BCUT2D eigenvalue weighted by molar-refractivity contribution is 0.276. The fraction of sp³-hybridized carbons (Fsp3) is 0.462. The average Bonchev–Trinajstić information content (AvgIpc) is 2.65. The Hall–Kier alpha value is -1.91. The Bertz CT molecular complexity index is 556. The fourth-order valence-electron chi connectivity index (χ4n) is 2.35. The molecule has 2 N–H and O–H groups in total. The minimum Gasteiger partial charge on any atom is -0.368 e. The zero-order chi connectivity index (χ0) is 12.5. The molecule has 18 heavy (non-hydrogen) atoms. The number of nitrogens with zero attached hydrogens (tertiary/aromatic N) is 4. The first-order valence-corrected chi connectivity index (χ1v) is 6.35. The van der Waals surface area contributed by atoms with Crippen molar-refractivity contribution < 1.29 is 0 Å². The topological polar surface area (TPSA) is 69.6 Å². The van der Waals surface area contributed by atoms with Gasteiger partial charge in [-0.3, -0.25) is 0 Å². The molecule has 1 fully saturated rings. The molecule has 0 unspecified atom stereocenters. The van der Waals surface area contributed by atoms with Crippen LogP contribution in [0.15, 0.2) is 18.5 Å². The Morgan fingerprint density at radius 1 is 1.39 bits per heavy atom. The molecule has 94 valence electrons. The Labute approximate surface area is 106 Å². The standard InChI is InChI=1S/C13H17N5/c1-9-16-7-12(11-5-6-15-13(14)17-11)18(9)8-10-3-2-4-10/h5-7,10H,2-4,8H2,1H3,(H2,14,15,17). The van der Waals surface area contributed by atoms with Crippen LogP contribution in [0.4, 0.5) is 5.95 Å². The summed E-state index contributed by atoms with van der Waals surface area (Å²) in [6, 6.07) is 1.88. The van der Waals surface area contributed by atoms with Crippen molar-refractivity contribution >= 4 is 5.95 Å². The molecule has 0 aliphatic heterocycles. The van der Waals surface area contributed by atoms with E-state index in [0.717, 1.165) is 29.7 Å². The van der Waals surface area contributed by atoms with Gasteiger partial charge in [-0.15, -0.1) is 0 Å². The molecule has 1 aliphatic rings. The summed E-state index contributed by atoms with van der Waals surface area (Å²) in [5.74, 6) is 2.13. The molecule has 0 aromatic carbocycles. The van der Waals surface area contributed by atoms with Crippen LogP contribution in [0.3, 0.4) is 0 Å². The van der Waals surface area contributed by atoms with Crippen LogP contribution < -0.4 is 5.73 Å². The van der Waals surface area contributed by atoms with E-state index in [9.17, 15) is 0 Å². The lowest BCUT2D eigenvalue weighted by Gasteiger charge is -2.27. The molecule has 0 amide bonds. The minimum absolute atomic E-state index is 0.307. The van der Waals surface area contributed by atoms with Crippen molar-refractivity contribution in [2.24, 2.45) is 5.92 Å². The number of hydrogen-bond acceptors (Lipinski definition) is 4. The van der Waals surface area contributed by atoms with Crippen molar-refractivity contribution in [2.75, 3.05) is 5.73 Å². The molecule has 2 heterocycles. The van der Waals surface area contributed by atoms with Crippen LogP contribution in [0.1, 0.15) is 25.1 Å². The molecule has 1 saturated carbocycles. The normalized spacial score (nSPS) is 15.6. The number of anilines is 1. The van der Waals surface area contributed by atoms with Gasteiger partial charge in [0.25, 0.3) is 0 Å². The van der Waals surface area contributed by atoms with E-state index < -0.39 is 0 Å². The van der Waals surface area contributed by atoms with Crippen LogP contribution in [0.2, 0.25) is 0 Å². The maximum Gasteiger partial charge on any atom is 0.220 e. The molecule has 0 radical (unpaired) electrons. The van der Waals surface area contributed by atoms with Crippen molar-refractivity contribution in [1.82, 2.24) is 19.5 Å². The molecule has 3 rings (SSSR count). The molecule has 0 saturated heterocycles. The fourth-order valence-corrected chi connectivity index (χ4v) is 2.35. The number of rotatable bonds is 3. The third-order valence-electron chi connectivity index (χ3n) is 3.66. The molecule has 2 aromatic heterocycles. The van der Waals surface area contributed by atoms with Crippen molar-refractivity contribution in [3.63, 3.8) is 0 Å². The lowest BCUT2D eigenvalue weighted by atomic mass is 9.85. The summed E-state index contributed by atoms with van der Waals surface area (Å²) >= 11 is 0. The Morgan fingerprint density at radius 2 is 2.22 bits per heavy atom. The highest BCUT2D eigenvalue weighted by atomic mass is 15.1. The monoisotopic (exact) mass is 243 g/mol. The number of aryl methyl sites for hydroxylation is 1.